The molecule has 1 aromatic rings. The molecule has 1 aromatic carbocycles. The molecule has 7 heteroatoms. The van der Waals surface area contributed by atoms with E-state index in [1.54, 1.807) is 36.2 Å². The van der Waals surface area contributed by atoms with Gasteiger partial charge in [-0.3, -0.25) is 9.10 Å². The lowest BCUT2D eigenvalue weighted by molar-refractivity contribution is -0.130. The van der Waals surface area contributed by atoms with E-state index in [1.807, 2.05) is 0 Å². The molecule has 0 radical (unpaired) electrons. The molecule has 0 atom stereocenters. The highest BCUT2D eigenvalue weighted by atomic mass is 32.2. The van der Waals surface area contributed by atoms with Gasteiger partial charge in [-0.2, -0.15) is 0 Å². The average Bonchev–Trinajstić information content (AvgIpc) is 2.58. The van der Waals surface area contributed by atoms with Crippen LogP contribution in [-0.4, -0.2) is 52.2 Å². The molecule has 0 bridgehead atoms. The van der Waals surface area contributed by atoms with Crippen LogP contribution >= 0.6 is 0 Å². The standard InChI is InChI=1S/C17H26N2O4S/c1-18(14-9-5-4-6-10-14)17(20)13-19(24(3,21)22)15-11-7-8-12-16(15)23-2/h7-8,11-12,14H,4-6,9-10,13H2,1-3H3. The third-order valence-corrected chi connectivity index (χ3v) is 5.68. The number of sulfonamides is 1. The Kier molecular flexibility index (Phi) is 6.10. The first kappa shape index (κ1) is 18.6. The van der Waals surface area contributed by atoms with Gasteiger partial charge in [0, 0.05) is 13.1 Å². The highest BCUT2D eigenvalue weighted by Crippen LogP contribution is 2.30. The van der Waals surface area contributed by atoms with Crippen molar-refractivity contribution < 1.29 is 17.9 Å². The minimum absolute atomic E-state index is 0.196. The van der Waals surface area contributed by atoms with E-state index in [2.05, 4.69) is 0 Å². The number of amides is 1. The Balaban J connectivity index is 2.22. The minimum Gasteiger partial charge on any atom is -0.495 e. The third kappa shape index (κ3) is 4.41. The summed E-state index contributed by atoms with van der Waals surface area (Å²) in [6, 6.07) is 7.02. The summed E-state index contributed by atoms with van der Waals surface area (Å²) in [5.74, 6) is 0.231. The third-order valence-electron chi connectivity index (χ3n) is 4.55. The van der Waals surface area contributed by atoms with Gasteiger partial charge in [0.15, 0.2) is 0 Å². The molecule has 0 aliphatic heterocycles. The summed E-state index contributed by atoms with van der Waals surface area (Å²) in [6.45, 7) is -0.216. The number of carbonyl (C=O) groups excluding carboxylic acids is 1. The highest BCUT2D eigenvalue weighted by molar-refractivity contribution is 7.92. The van der Waals surface area contributed by atoms with Crippen molar-refractivity contribution in [1.82, 2.24) is 4.90 Å². The summed E-state index contributed by atoms with van der Waals surface area (Å²) in [6.07, 6.45) is 6.50. The van der Waals surface area contributed by atoms with Crippen LogP contribution in [0.2, 0.25) is 0 Å². The molecule has 24 heavy (non-hydrogen) atoms. The number of ether oxygens (including phenoxy) is 1. The molecule has 0 heterocycles. The van der Waals surface area contributed by atoms with Crippen molar-refractivity contribution in [2.45, 2.75) is 38.1 Å². The maximum absolute atomic E-state index is 12.7. The summed E-state index contributed by atoms with van der Waals surface area (Å²) in [7, 11) is -0.358. The fourth-order valence-corrected chi connectivity index (χ4v) is 3.98. The van der Waals surface area contributed by atoms with Crippen LogP contribution in [0.5, 0.6) is 5.75 Å². The van der Waals surface area contributed by atoms with Crippen molar-refractivity contribution in [1.29, 1.82) is 0 Å². The number of carbonyl (C=O) groups is 1. The highest BCUT2D eigenvalue weighted by Gasteiger charge is 2.28. The second kappa shape index (κ2) is 7.88. The van der Waals surface area contributed by atoms with Gasteiger partial charge in [-0.25, -0.2) is 8.42 Å². The number of benzene rings is 1. The van der Waals surface area contributed by atoms with Gasteiger partial charge in [-0.15, -0.1) is 0 Å². The van der Waals surface area contributed by atoms with E-state index >= 15 is 0 Å². The van der Waals surface area contributed by atoms with Crippen LogP contribution in [0, 0.1) is 0 Å². The number of para-hydroxylation sites is 2. The summed E-state index contributed by atoms with van der Waals surface area (Å²) in [4.78, 5) is 14.4. The number of anilines is 1. The van der Waals surface area contributed by atoms with E-state index in [0.29, 0.717) is 11.4 Å². The second-order valence-electron chi connectivity index (χ2n) is 6.24. The van der Waals surface area contributed by atoms with Crippen molar-refractivity contribution in [3.05, 3.63) is 24.3 Å². The lowest BCUT2D eigenvalue weighted by atomic mass is 9.94. The van der Waals surface area contributed by atoms with Gasteiger partial charge in [0.1, 0.15) is 12.3 Å². The molecule has 1 aliphatic carbocycles. The van der Waals surface area contributed by atoms with Crippen LogP contribution in [0.15, 0.2) is 24.3 Å². The number of hydrogen-bond donors (Lipinski definition) is 0. The predicted octanol–water partition coefficient (Wildman–Crippen LogP) is 2.25. The number of hydrogen-bond acceptors (Lipinski definition) is 4. The Labute approximate surface area is 144 Å². The van der Waals surface area contributed by atoms with E-state index in [-0.39, 0.29) is 18.5 Å². The van der Waals surface area contributed by atoms with Crippen LogP contribution < -0.4 is 9.04 Å². The van der Waals surface area contributed by atoms with E-state index in [4.69, 9.17) is 4.74 Å². The number of likely N-dealkylation sites (N-methyl/N-ethyl adjacent to an activating group) is 1. The minimum atomic E-state index is -3.60. The largest absolute Gasteiger partial charge is 0.495 e. The predicted molar refractivity (Wildman–Crippen MR) is 94.8 cm³/mol. The van der Waals surface area contributed by atoms with Crippen LogP contribution in [-0.2, 0) is 14.8 Å². The van der Waals surface area contributed by atoms with Crippen molar-refractivity contribution in [3.8, 4) is 5.75 Å². The van der Waals surface area contributed by atoms with Gasteiger partial charge >= 0.3 is 0 Å². The Hall–Kier alpha value is -1.76. The topological polar surface area (TPSA) is 66.9 Å². The van der Waals surface area contributed by atoms with Crippen molar-refractivity contribution in [2.24, 2.45) is 0 Å². The monoisotopic (exact) mass is 354 g/mol. The summed E-state index contributed by atoms with van der Waals surface area (Å²) in [5.41, 5.74) is 0.382. The zero-order valence-corrected chi connectivity index (χ0v) is 15.4. The number of nitrogens with zero attached hydrogens (tertiary/aromatic N) is 2. The second-order valence-corrected chi connectivity index (χ2v) is 8.14. The molecule has 134 valence electrons. The summed E-state index contributed by atoms with van der Waals surface area (Å²) >= 11 is 0. The fourth-order valence-electron chi connectivity index (χ4n) is 3.12. The lowest BCUT2D eigenvalue weighted by Crippen LogP contribution is -2.45. The van der Waals surface area contributed by atoms with E-state index < -0.39 is 10.0 Å². The average molecular weight is 354 g/mol. The zero-order valence-electron chi connectivity index (χ0n) is 14.6. The van der Waals surface area contributed by atoms with Gasteiger partial charge < -0.3 is 9.64 Å². The molecule has 0 spiro atoms. The maximum Gasteiger partial charge on any atom is 0.243 e. The van der Waals surface area contributed by atoms with Crippen LogP contribution in [0.3, 0.4) is 0 Å². The van der Waals surface area contributed by atoms with E-state index in [1.165, 1.54) is 13.5 Å². The molecule has 0 unspecified atom stereocenters. The fraction of sp³-hybridized carbons (Fsp3) is 0.588. The Morgan fingerprint density at radius 2 is 1.83 bits per heavy atom. The van der Waals surface area contributed by atoms with Crippen molar-refractivity contribution >= 4 is 21.6 Å². The van der Waals surface area contributed by atoms with Gasteiger partial charge in [-0.1, -0.05) is 31.4 Å². The molecule has 1 saturated carbocycles. The quantitative estimate of drug-likeness (QED) is 0.786. The van der Waals surface area contributed by atoms with Crippen molar-refractivity contribution in [2.75, 3.05) is 31.3 Å². The van der Waals surface area contributed by atoms with Crippen LogP contribution in [0.4, 0.5) is 5.69 Å². The van der Waals surface area contributed by atoms with Gasteiger partial charge in [0.25, 0.3) is 0 Å². The van der Waals surface area contributed by atoms with Crippen molar-refractivity contribution in [3.63, 3.8) is 0 Å². The zero-order chi connectivity index (χ0) is 17.7. The first-order chi connectivity index (χ1) is 11.3. The summed E-state index contributed by atoms with van der Waals surface area (Å²) < 4.78 is 30.8. The maximum atomic E-state index is 12.7. The van der Waals surface area contributed by atoms with Gasteiger partial charge in [-0.05, 0) is 25.0 Å². The van der Waals surface area contributed by atoms with Gasteiger partial charge in [0.05, 0.1) is 19.1 Å². The molecule has 0 N–H and O–H groups in total. The molecule has 0 aromatic heterocycles. The first-order valence-corrected chi connectivity index (χ1v) is 10.1. The molecule has 6 nitrogen and oxygen atoms in total. The molecule has 1 fully saturated rings. The number of methoxy groups -OCH3 is 1. The van der Waals surface area contributed by atoms with Gasteiger partial charge in [0.2, 0.25) is 15.9 Å². The lowest BCUT2D eigenvalue weighted by Gasteiger charge is -2.33. The Morgan fingerprint density at radius 1 is 1.21 bits per heavy atom. The SMILES string of the molecule is COc1ccccc1N(CC(=O)N(C)C1CCCCC1)S(C)(=O)=O. The Morgan fingerprint density at radius 3 is 2.42 bits per heavy atom. The van der Waals surface area contributed by atoms with E-state index in [0.717, 1.165) is 36.2 Å². The molecule has 2 rings (SSSR count). The Bertz CT molecular complexity index is 669. The normalized spacial score (nSPS) is 15.8. The molecule has 1 amide bonds. The van der Waals surface area contributed by atoms with Crippen LogP contribution in [0.25, 0.3) is 0 Å². The molecule has 0 saturated heterocycles. The number of rotatable bonds is 6. The first-order valence-electron chi connectivity index (χ1n) is 8.21. The summed E-state index contributed by atoms with van der Waals surface area (Å²) in [5, 5.41) is 0. The van der Waals surface area contributed by atoms with E-state index in [9.17, 15) is 13.2 Å². The molecule has 1 aliphatic rings. The molecular formula is C17H26N2O4S. The molecular weight excluding hydrogens is 328 g/mol. The van der Waals surface area contributed by atoms with Crippen LogP contribution in [0.1, 0.15) is 32.1 Å². The smallest absolute Gasteiger partial charge is 0.243 e.